The lowest BCUT2D eigenvalue weighted by Crippen LogP contribution is -2.39. The molecule has 23 heavy (non-hydrogen) atoms. The Bertz CT molecular complexity index is 659. The zero-order valence-electron chi connectivity index (χ0n) is 12.7. The van der Waals surface area contributed by atoms with E-state index in [1.807, 2.05) is 16.3 Å². The Labute approximate surface area is 145 Å². The van der Waals surface area contributed by atoms with Gasteiger partial charge in [-0.2, -0.15) is 0 Å². The Hall–Kier alpha value is -1.44. The standard InChI is InChI=1S/C15H19N5OS.ClH/c21-15(19-6-5-11-3-4-12(8-19)16-11)14-10-20(18-17-14)9-13-2-1-7-22-13;/h1-2,7,10-12,16H,3-6,8-9H2;1H. The Morgan fingerprint density at radius 1 is 1.35 bits per heavy atom. The molecule has 1 amide bonds. The molecule has 2 fully saturated rings. The average Bonchev–Trinajstić information content (AvgIpc) is 3.21. The summed E-state index contributed by atoms with van der Waals surface area (Å²) in [5.74, 6) is 0.00628. The minimum absolute atomic E-state index is 0. The van der Waals surface area contributed by atoms with Gasteiger partial charge >= 0.3 is 0 Å². The maximum absolute atomic E-state index is 12.6. The van der Waals surface area contributed by atoms with E-state index in [4.69, 9.17) is 0 Å². The first-order chi connectivity index (χ1) is 10.8. The molecule has 0 aromatic carbocycles. The molecule has 0 aliphatic carbocycles. The fraction of sp³-hybridized carbons (Fsp3) is 0.533. The minimum atomic E-state index is 0. The van der Waals surface area contributed by atoms with Gasteiger partial charge in [-0.05, 0) is 30.7 Å². The molecule has 0 spiro atoms. The SMILES string of the molecule is Cl.O=C(c1cn(Cc2cccs2)nn1)N1CCC2CCC(C1)N2. The largest absolute Gasteiger partial charge is 0.336 e. The van der Waals surface area contributed by atoms with Gasteiger partial charge in [-0.3, -0.25) is 4.79 Å². The Balaban J connectivity index is 0.00000156. The number of carbonyl (C=O) groups is 1. The number of fused-ring (bicyclic) bond motifs is 2. The number of hydrogen-bond acceptors (Lipinski definition) is 5. The molecule has 124 valence electrons. The van der Waals surface area contributed by atoms with Crippen molar-refractivity contribution in [3.8, 4) is 0 Å². The van der Waals surface area contributed by atoms with Gasteiger partial charge in [-0.1, -0.05) is 11.3 Å². The third-order valence-electron chi connectivity index (χ3n) is 4.47. The van der Waals surface area contributed by atoms with Gasteiger partial charge in [-0.25, -0.2) is 4.68 Å². The van der Waals surface area contributed by atoms with Gasteiger partial charge in [-0.15, -0.1) is 28.8 Å². The lowest BCUT2D eigenvalue weighted by atomic mass is 10.1. The first-order valence-electron chi connectivity index (χ1n) is 7.76. The normalized spacial score (nSPS) is 23.4. The van der Waals surface area contributed by atoms with Crippen LogP contribution in [0, 0.1) is 0 Å². The van der Waals surface area contributed by atoms with Crippen LogP contribution in [-0.2, 0) is 6.54 Å². The van der Waals surface area contributed by atoms with Crippen molar-refractivity contribution < 1.29 is 4.79 Å². The Morgan fingerprint density at radius 2 is 2.22 bits per heavy atom. The van der Waals surface area contributed by atoms with Crippen LogP contribution >= 0.6 is 23.7 Å². The predicted octanol–water partition coefficient (Wildman–Crippen LogP) is 1.78. The van der Waals surface area contributed by atoms with Crippen molar-refractivity contribution in [3.05, 3.63) is 34.3 Å². The van der Waals surface area contributed by atoms with Gasteiger partial charge < -0.3 is 10.2 Å². The summed E-state index contributed by atoms with van der Waals surface area (Å²) >= 11 is 1.68. The molecular formula is C15H20ClN5OS. The van der Waals surface area contributed by atoms with Crippen molar-refractivity contribution >= 4 is 29.7 Å². The van der Waals surface area contributed by atoms with Crippen LogP contribution in [0.4, 0.5) is 0 Å². The maximum Gasteiger partial charge on any atom is 0.276 e. The summed E-state index contributed by atoms with van der Waals surface area (Å²) in [6.07, 6.45) is 5.20. The number of aromatic nitrogens is 3. The Kier molecular flexibility index (Phi) is 4.99. The van der Waals surface area contributed by atoms with E-state index in [0.29, 0.717) is 24.3 Å². The van der Waals surface area contributed by atoms with Crippen molar-refractivity contribution in [2.45, 2.75) is 37.9 Å². The predicted molar refractivity (Wildman–Crippen MR) is 91.2 cm³/mol. The zero-order valence-corrected chi connectivity index (χ0v) is 14.4. The summed E-state index contributed by atoms with van der Waals surface area (Å²) in [6, 6.07) is 5.10. The summed E-state index contributed by atoms with van der Waals surface area (Å²) in [4.78, 5) is 15.8. The molecule has 6 nitrogen and oxygen atoms in total. The lowest BCUT2D eigenvalue weighted by Gasteiger charge is -2.23. The van der Waals surface area contributed by atoms with Gasteiger partial charge in [0.25, 0.3) is 5.91 Å². The van der Waals surface area contributed by atoms with Crippen LogP contribution in [0.25, 0.3) is 0 Å². The molecule has 4 heterocycles. The first-order valence-corrected chi connectivity index (χ1v) is 8.64. The number of carbonyl (C=O) groups excluding carboxylic acids is 1. The second kappa shape index (κ2) is 6.98. The molecular weight excluding hydrogens is 334 g/mol. The van der Waals surface area contributed by atoms with Gasteiger partial charge in [0.05, 0.1) is 12.7 Å². The number of likely N-dealkylation sites (tertiary alicyclic amines) is 1. The maximum atomic E-state index is 12.6. The van der Waals surface area contributed by atoms with E-state index in [9.17, 15) is 4.79 Å². The summed E-state index contributed by atoms with van der Waals surface area (Å²) in [7, 11) is 0. The molecule has 2 bridgehead atoms. The molecule has 2 unspecified atom stereocenters. The van der Waals surface area contributed by atoms with Crippen molar-refractivity contribution in [1.29, 1.82) is 0 Å². The van der Waals surface area contributed by atoms with Gasteiger partial charge in [0.1, 0.15) is 0 Å². The third-order valence-corrected chi connectivity index (χ3v) is 5.33. The zero-order chi connectivity index (χ0) is 14.9. The molecule has 2 aliphatic rings. The summed E-state index contributed by atoms with van der Waals surface area (Å²) < 4.78 is 1.74. The summed E-state index contributed by atoms with van der Waals surface area (Å²) in [6.45, 7) is 2.27. The molecule has 2 aromatic heterocycles. The number of halogens is 1. The summed E-state index contributed by atoms with van der Waals surface area (Å²) in [5.41, 5.74) is 0.453. The average molecular weight is 354 g/mol. The number of hydrogen-bond donors (Lipinski definition) is 1. The van der Waals surface area contributed by atoms with Crippen LogP contribution in [0.3, 0.4) is 0 Å². The van der Waals surface area contributed by atoms with Gasteiger partial charge in [0.15, 0.2) is 5.69 Å². The molecule has 2 aliphatic heterocycles. The van der Waals surface area contributed by atoms with Gasteiger partial charge in [0.2, 0.25) is 0 Å². The van der Waals surface area contributed by atoms with Crippen molar-refractivity contribution in [2.24, 2.45) is 0 Å². The van der Waals surface area contributed by atoms with E-state index < -0.39 is 0 Å². The number of amides is 1. The molecule has 4 rings (SSSR count). The van der Waals surface area contributed by atoms with Gasteiger partial charge in [0, 0.05) is 30.1 Å². The quantitative estimate of drug-likeness (QED) is 0.913. The molecule has 2 saturated heterocycles. The number of nitrogens with one attached hydrogen (secondary N) is 1. The van der Waals surface area contributed by atoms with E-state index in [1.165, 1.54) is 17.7 Å². The highest BCUT2D eigenvalue weighted by Gasteiger charge is 2.32. The van der Waals surface area contributed by atoms with E-state index >= 15 is 0 Å². The fourth-order valence-corrected chi connectivity index (χ4v) is 4.02. The minimum Gasteiger partial charge on any atom is -0.336 e. The topological polar surface area (TPSA) is 63.1 Å². The van der Waals surface area contributed by atoms with Crippen LogP contribution in [0.1, 0.15) is 34.6 Å². The van der Waals surface area contributed by atoms with Crippen molar-refractivity contribution in [1.82, 2.24) is 25.2 Å². The highest BCUT2D eigenvalue weighted by Crippen LogP contribution is 2.21. The van der Waals surface area contributed by atoms with Crippen molar-refractivity contribution in [3.63, 3.8) is 0 Å². The molecule has 1 N–H and O–H groups in total. The molecule has 2 atom stereocenters. The smallest absolute Gasteiger partial charge is 0.276 e. The van der Waals surface area contributed by atoms with E-state index in [0.717, 1.165) is 19.5 Å². The Morgan fingerprint density at radius 3 is 3.04 bits per heavy atom. The third kappa shape index (κ3) is 3.57. The number of rotatable bonds is 3. The highest BCUT2D eigenvalue weighted by molar-refractivity contribution is 7.09. The van der Waals surface area contributed by atoms with Crippen LogP contribution in [0.5, 0.6) is 0 Å². The highest BCUT2D eigenvalue weighted by atomic mass is 35.5. The number of thiophene rings is 1. The van der Waals surface area contributed by atoms with Crippen molar-refractivity contribution in [2.75, 3.05) is 13.1 Å². The molecule has 0 saturated carbocycles. The molecule has 8 heteroatoms. The monoisotopic (exact) mass is 353 g/mol. The lowest BCUT2D eigenvalue weighted by molar-refractivity contribution is 0.0742. The van der Waals surface area contributed by atoms with Crippen LogP contribution in [0.15, 0.2) is 23.7 Å². The molecule has 2 aromatic rings. The van der Waals surface area contributed by atoms with E-state index in [1.54, 1.807) is 22.2 Å². The fourth-order valence-electron chi connectivity index (χ4n) is 3.33. The van der Waals surface area contributed by atoms with E-state index in [2.05, 4.69) is 21.7 Å². The van der Waals surface area contributed by atoms with Crippen LogP contribution < -0.4 is 5.32 Å². The molecule has 0 radical (unpaired) electrons. The summed E-state index contributed by atoms with van der Waals surface area (Å²) in [5, 5.41) is 13.8. The van der Waals surface area contributed by atoms with E-state index in [-0.39, 0.29) is 18.3 Å². The first kappa shape index (κ1) is 16.4. The number of nitrogens with zero attached hydrogens (tertiary/aromatic N) is 4. The van der Waals surface area contributed by atoms with Crippen LogP contribution in [-0.4, -0.2) is 51.0 Å². The second-order valence-electron chi connectivity index (χ2n) is 6.06. The van der Waals surface area contributed by atoms with Crippen LogP contribution in [0.2, 0.25) is 0 Å². The second-order valence-corrected chi connectivity index (χ2v) is 7.09.